The molecule has 0 radical (unpaired) electrons. The molecule has 0 spiro atoms. The van der Waals surface area contributed by atoms with Gasteiger partial charge >= 0.3 is 0 Å². The zero-order chi connectivity index (χ0) is 24.7. The van der Waals surface area contributed by atoms with Crippen LogP contribution in [0.2, 0.25) is 0 Å². The summed E-state index contributed by atoms with van der Waals surface area (Å²) in [6, 6.07) is 15.2. The van der Waals surface area contributed by atoms with Gasteiger partial charge < -0.3 is 15.0 Å². The topological polar surface area (TPSA) is 58.6 Å². The minimum Gasteiger partial charge on any atom is -0.483 e. The van der Waals surface area contributed by atoms with E-state index in [1.165, 1.54) is 6.42 Å². The molecular weight excluding hydrogens is 492 g/mol. The number of hydrogen-bond acceptors (Lipinski definition) is 3. The van der Waals surface area contributed by atoms with Crippen molar-refractivity contribution >= 4 is 27.7 Å². The van der Waals surface area contributed by atoms with E-state index in [9.17, 15) is 9.59 Å². The molecule has 1 atom stereocenters. The van der Waals surface area contributed by atoms with Gasteiger partial charge in [0.25, 0.3) is 5.91 Å². The molecule has 184 valence electrons. The van der Waals surface area contributed by atoms with Crippen molar-refractivity contribution in [1.29, 1.82) is 0 Å². The Hall–Kier alpha value is -2.34. The monoisotopic (exact) mass is 528 g/mol. The van der Waals surface area contributed by atoms with Crippen LogP contribution in [-0.4, -0.2) is 35.4 Å². The van der Waals surface area contributed by atoms with Crippen LogP contribution >= 0.6 is 15.9 Å². The Bertz CT molecular complexity index is 962. The Morgan fingerprint density at radius 2 is 1.71 bits per heavy atom. The molecule has 0 bridgehead atoms. The van der Waals surface area contributed by atoms with Crippen molar-refractivity contribution in [3.05, 3.63) is 64.1 Å². The maximum atomic E-state index is 13.4. The van der Waals surface area contributed by atoms with Crippen LogP contribution in [0.3, 0.4) is 0 Å². The first-order valence-electron chi connectivity index (χ1n) is 12.2. The number of rotatable bonds is 8. The SMILES string of the molecule is CC(C(=O)NC1CCCCC1)N(Cc1ccc(Br)cc1)C(=O)COc1ccccc1C(C)(C)C. The lowest BCUT2D eigenvalue weighted by Crippen LogP contribution is -2.51. The second-order valence-electron chi connectivity index (χ2n) is 10.2. The summed E-state index contributed by atoms with van der Waals surface area (Å²) in [7, 11) is 0. The highest BCUT2D eigenvalue weighted by molar-refractivity contribution is 9.10. The number of hydrogen-bond donors (Lipinski definition) is 1. The first kappa shape index (κ1) is 26.3. The predicted octanol–water partition coefficient (Wildman–Crippen LogP) is 5.99. The molecule has 1 unspecified atom stereocenters. The molecular formula is C28H37BrN2O3. The molecule has 5 nitrogen and oxygen atoms in total. The number of carbonyl (C=O) groups excluding carboxylic acids is 2. The second kappa shape index (κ2) is 11.9. The van der Waals surface area contributed by atoms with Crippen molar-refractivity contribution in [2.45, 2.75) is 83.8 Å². The fraction of sp³-hybridized carbons (Fsp3) is 0.500. The number of nitrogens with zero attached hydrogens (tertiary/aromatic N) is 1. The number of benzene rings is 2. The molecule has 3 rings (SSSR count). The molecule has 1 aliphatic rings. The smallest absolute Gasteiger partial charge is 0.261 e. The highest BCUT2D eigenvalue weighted by Crippen LogP contribution is 2.31. The molecule has 2 aromatic carbocycles. The van der Waals surface area contributed by atoms with Crippen molar-refractivity contribution in [2.75, 3.05) is 6.61 Å². The van der Waals surface area contributed by atoms with Crippen LogP contribution in [0.1, 0.15) is 70.9 Å². The molecule has 1 fully saturated rings. The van der Waals surface area contributed by atoms with E-state index in [0.717, 1.165) is 41.3 Å². The highest BCUT2D eigenvalue weighted by atomic mass is 79.9. The van der Waals surface area contributed by atoms with Crippen LogP contribution in [0.4, 0.5) is 0 Å². The van der Waals surface area contributed by atoms with E-state index in [2.05, 4.69) is 42.0 Å². The first-order valence-corrected chi connectivity index (χ1v) is 13.0. The number of nitrogens with one attached hydrogen (secondary N) is 1. The molecule has 6 heteroatoms. The fourth-order valence-electron chi connectivity index (χ4n) is 4.37. The average Bonchev–Trinajstić information content (AvgIpc) is 2.82. The van der Waals surface area contributed by atoms with E-state index >= 15 is 0 Å². The zero-order valence-electron chi connectivity index (χ0n) is 20.8. The van der Waals surface area contributed by atoms with Crippen LogP contribution in [0.25, 0.3) is 0 Å². The Balaban J connectivity index is 1.75. The van der Waals surface area contributed by atoms with Crippen molar-refractivity contribution < 1.29 is 14.3 Å². The number of amides is 2. The Kier molecular flexibility index (Phi) is 9.17. The summed E-state index contributed by atoms with van der Waals surface area (Å²) >= 11 is 3.46. The molecule has 1 N–H and O–H groups in total. The molecule has 34 heavy (non-hydrogen) atoms. The van der Waals surface area contributed by atoms with E-state index in [-0.39, 0.29) is 29.9 Å². The van der Waals surface area contributed by atoms with Gasteiger partial charge in [-0.25, -0.2) is 0 Å². The van der Waals surface area contributed by atoms with Gasteiger partial charge in [-0.3, -0.25) is 9.59 Å². The van der Waals surface area contributed by atoms with Crippen LogP contribution in [0.5, 0.6) is 5.75 Å². The lowest BCUT2D eigenvalue weighted by molar-refractivity contribution is -0.142. The molecule has 2 amide bonds. The fourth-order valence-corrected chi connectivity index (χ4v) is 4.64. The van der Waals surface area contributed by atoms with Gasteiger partial charge in [0.1, 0.15) is 11.8 Å². The van der Waals surface area contributed by atoms with Gasteiger partial charge in [-0.05, 0) is 54.5 Å². The summed E-state index contributed by atoms with van der Waals surface area (Å²) in [6.45, 7) is 8.38. The highest BCUT2D eigenvalue weighted by Gasteiger charge is 2.29. The molecule has 0 saturated heterocycles. The molecule has 0 aliphatic heterocycles. The van der Waals surface area contributed by atoms with Crippen molar-refractivity contribution in [1.82, 2.24) is 10.2 Å². The van der Waals surface area contributed by atoms with Gasteiger partial charge in [-0.15, -0.1) is 0 Å². The van der Waals surface area contributed by atoms with Crippen LogP contribution in [0, 0.1) is 0 Å². The molecule has 1 aliphatic carbocycles. The minimum atomic E-state index is -0.598. The summed E-state index contributed by atoms with van der Waals surface area (Å²) in [5.41, 5.74) is 1.90. The van der Waals surface area contributed by atoms with Crippen LogP contribution in [-0.2, 0) is 21.5 Å². The minimum absolute atomic E-state index is 0.104. The van der Waals surface area contributed by atoms with Gasteiger partial charge in [-0.1, -0.05) is 86.3 Å². The van der Waals surface area contributed by atoms with Crippen molar-refractivity contribution in [3.63, 3.8) is 0 Å². The van der Waals surface area contributed by atoms with E-state index < -0.39 is 6.04 Å². The third-order valence-electron chi connectivity index (χ3n) is 6.43. The molecule has 0 heterocycles. The van der Waals surface area contributed by atoms with E-state index in [1.54, 1.807) is 11.8 Å². The van der Waals surface area contributed by atoms with Crippen LogP contribution < -0.4 is 10.1 Å². The number of carbonyl (C=O) groups is 2. The summed E-state index contributed by atoms with van der Waals surface area (Å²) in [5.74, 6) is 0.386. The molecule has 0 aromatic heterocycles. The van der Waals surface area contributed by atoms with Crippen molar-refractivity contribution in [2.24, 2.45) is 0 Å². The van der Waals surface area contributed by atoms with Gasteiger partial charge in [0.15, 0.2) is 6.61 Å². The maximum absolute atomic E-state index is 13.4. The molecule has 2 aromatic rings. The number of ether oxygens (including phenoxy) is 1. The normalized spacial score (nSPS) is 15.4. The average molecular weight is 530 g/mol. The van der Waals surface area contributed by atoms with Gasteiger partial charge in [0, 0.05) is 17.1 Å². The van der Waals surface area contributed by atoms with Gasteiger partial charge in [0.05, 0.1) is 0 Å². The lowest BCUT2D eigenvalue weighted by Gasteiger charge is -2.31. The van der Waals surface area contributed by atoms with E-state index in [4.69, 9.17) is 4.74 Å². The summed E-state index contributed by atoms with van der Waals surface area (Å²) in [4.78, 5) is 28.1. The quantitative estimate of drug-likeness (QED) is 0.457. The largest absolute Gasteiger partial charge is 0.483 e. The zero-order valence-corrected chi connectivity index (χ0v) is 22.4. The lowest BCUT2D eigenvalue weighted by atomic mass is 9.86. The summed E-state index contributed by atoms with van der Waals surface area (Å²) < 4.78 is 6.98. The third-order valence-corrected chi connectivity index (χ3v) is 6.96. The maximum Gasteiger partial charge on any atom is 0.261 e. The van der Waals surface area contributed by atoms with Crippen LogP contribution in [0.15, 0.2) is 53.0 Å². The van der Waals surface area contributed by atoms with E-state index in [0.29, 0.717) is 12.3 Å². The second-order valence-corrected chi connectivity index (χ2v) is 11.1. The van der Waals surface area contributed by atoms with Gasteiger partial charge in [-0.2, -0.15) is 0 Å². The predicted molar refractivity (Wildman–Crippen MR) is 140 cm³/mol. The standard InChI is InChI=1S/C28H37BrN2O3/c1-20(27(33)30-23-10-6-5-7-11-23)31(18-21-14-16-22(29)17-15-21)26(32)19-34-25-13-9-8-12-24(25)28(2,3)4/h8-9,12-17,20,23H,5-7,10-11,18-19H2,1-4H3,(H,30,33). The Labute approximate surface area is 212 Å². The van der Waals surface area contributed by atoms with Crippen molar-refractivity contribution in [3.8, 4) is 5.75 Å². The number of para-hydroxylation sites is 1. The Morgan fingerprint density at radius 1 is 1.06 bits per heavy atom. The Morgan fingerprint density at radius 3 is 2.35 bits per heavy atom. The summed E-state index contributed by atoms with van der Waals surface area (Å²) in [5, 5.41) is 3.17. The third kappa shape index (κ3) is 7.33. The van der Waals surface area contributed by atoms with E-state index in [1.807, 2.05) is 48.5 Å². The van der Waals surface area contributed by atoms with Gasteiger partial charge in [0.2, 0.25) is 5.91 Å². The summed E-state index contributed by atoms with van der Waals surface area (Å²) in [6.07, 6.45) is 5.52. The number of halogens is 1. The first-order chi connectivity index (χ1) is 16.1. The molecule has 1 saturated carbocycles.